The third-order valence-corrected chi connectivity index (χ3v) is 7.84. The zero-order valence-electron chi connectivity index (χ0n) is 17.1. The number of fused-ring (bicyclic) bond motifs is 3. The van der Waals surface area contributed by atoms with Crippen LogP contribution in [0.1, 0.15) is 45.5 Å². The average Bonchev–Trinajstić information content (AvgIpc) is 3.46. The Morgan fingerprint density at radius 1 is 0.875 bits per heavy atom. The Kier molecular flexibility index (Phi) is 4.98. The minimum Gasteiger partial charge on any atom is -0.425 e. The first kappa shape index (κ1) is 21.3. The van der Waals surface area contributed by atoms with Gasteiger partial charge in [-0.05, 0) is 36.8 Å². The van der Waals surface area contributed by atoms with Gasteiger partial charge in [0.05, 0.1) is 5.41 Å². The first-order chi connectivity index (χ1) is 15.4. The summed E-state index contributed by atoms with van der Waals surface area (Å²) in [6, 6.07) is 21.0. The lowest BCUT2D eigenvalue weighted by Crippen LogP contribution is -2.39. The molecule has 3 aromatic carbocycles. The SMILES string of the molecule is CC[C@]1(C(=O)c2ccc(Br)cc2)[C@@H]2c3cc(Br)ccc3OC(=O)[C@]21C(=O)c1ccccc1. The van der Waals surface area contributed by atoms with E-state index in [1.807, 2.05) is 19.1 Å². The van der Waals surface area contributed by atoms with Crippen LogP contribution in [0.2, 0.25) is 0 Å². The first-order valence-corrected chi connectivity index (χ1v) is 11.9. The normalized spacial score (nSPS) is 25.3. The molecule has 0 radical (unpaired) electrons. The molecule has 0 unspecified atom stereocenters. The van der Waals surface area contributed by atoms with Crippen LogP contribution in [0.4, 0.5) is 0 Å². The van der Waals surface area contributed by atoms with Crippen molar-refractivity contribution in [2.24, 2.45) is 10.8 Å². The number of carbonyl (C=O) groups excluding carboxylic acids is 3. The van der Waals surface area contributed by atoms with Gasteiger partial charge in [0.2, 0.25) is 0 Å². The lowest BCUT2D eigenvalue weighted by molar-refractivity contribution is -0.140. The van der Waals surface area contributed by atoms with E-state index in [9.17, 15) is 14.4 Å². The molecule has 1 aliphatic carbocycles. The summed E-state index contributed by atoms with van der Waals surface area (Å²) in [5.74, 6) is -1.44. The van der Waals surface area contributed by atoms with Crippen molar-refractivity contribution in [3.63, 3.8) is 0 Å². The molecule has 0 amide bonds. The Bertz CT molecular complexity index is 1270. The van der Waals surface area contributed by atoms with Crippen molar-refractivity contribution in [1.29, 1.82) is 0 Å². The molecule has 1 saturated carbocycles. The van der Waals surface area contributed by atoms with Crippen molar-refractivity contribution in [1.82, 2.24) is 0 Å². The van der Waals surface area contributed by atoms with E-state index in [2.05, 4.69) is 31.9 Å². The summed E-state index contributed by atoms with van der Waals surface area (Å²) in [6.07, 6.45) is 0.326. The van der Waals surface area contributed by atoms with Crippen molar-refractivity contribution < 1.29 is 19.1 Å². The number of rotatable bonds is 5. The van der Waals surface area contributed by atoms with Crippen LogP contribution in [-0.4, -0.2) is 17.5 Å². The maximum Gasteiger partial charge on any atom is 0.327 e. The van der Waals surface area contributed by atoms with E-state index in [0.717, 1.165) is 8.95 Å². The van der Waals surface area contributed by atoms with Crippen molar-refractivity contribution in [3.8, 4) is 5.75 Å². The predicted octanol–water partition coefficient (Wildman–Crippen LogP) is 6.38. The number of ketones is 2. The van der Waals surface area contributed by atoms with Gasteiger partial charge in [-0.1, -0.05) is 81.2 Å². The third-order valence-electron chi connectivity index (χ3n) is 6.82. The van der Waals surface area contributed by atoms with Crippen LogP contribution in [0, 0.1) is 10.8 Å². The third kappa shape index (κ3) is 2.69. The largest absolute Gasteiger partial charge is 0.425 e. The van der Waals surface area contributed by atoms with E-state index in [0.29, 0.717) is 28.9 Å². The Balaban J connectivity index is 1.76. The van der Waals surface area contributed by atoms with Crippen molar-refractivity contribution in [3.05, 3.63) is 98.4 Å². The fourth-order valence-electron chi connectivity index (χ4n) is 5.41. The molecule has 6 heteroatoms. The van der Waals surface area contributed by atoms with Gasteiger partial charge in [-0.3, -0.25) is 14.4 Å². The molecule has 0 N–H and O–H groups in total. The molecule has 1 aliphatic heterocycles. The molecular formula is C26H18Br2O4. The van der Waals surface area contributed by atoms with Crippen LogP contribution < -0.4 is 4.74 Å². The summed E-state index contributed by atoms with van der Waals surface area (Å²) in [5.41, 5.74) is -1.26. The second-order valence-corrected chi connectivity index (χ2v) is 10.0. The molecule has 32 heavy (non-hydrogen) atoms. The molecule has 0 bridgehead atoms. The van der Waals surface area contributed by atoms with Gasteiger partial charge in [-0.2, -0.15) is 0 Å². The smallest absolute Gasteiger partial charge is 0.327 e. The number of Topliss-reactive ketones (excluding diaryl/α,β-unsaturated/α-hetero) is 2. The summed E-state index contributed by atoms with van der Waals surface area (Å²) < 4.78 is 7.35. The predicted molar refractivity (Wildman–Crippen MR) is 127 cm³/mol. The van der Waals surface area contributed by atoms with Crippen LogP contribution >= 0.6 is 31.9 Å². The highest BCUT2D eigenvalue weighted by atomic mass is 79.9. The number of hydrogen-bond donors (Lipinski definition) is 0. The van der Waals surface area contributed by atoms with Gasteiger partial charge in [0.1, 0.15) is 5.75 Å². The van der Waals surface area contributed by atoms with Gasteiger partial charge >= 0.3 is 5.97 Å². The molecular weight excluding hydrogens is 536 g/mol. The highest BCUT2D eigenvalue weighted by molar-refractivity contribution is 9.10. The summed E-state index contributed by atoms with van der Waals surface area (Å²) >= 11 is 6.88. The molecule has 3 atom stereocenters. The van der Waals surface area contributed by atoms with Gasteiger partial charge in [0, 0.05) is 31.6 Å². The number of ether oxygens (including phenoxy) is 1. The van der Waals surface area contributed by atoms with Crippen molar-refractivity contribution >= 4 is 49.4 Å². The van der Waals surface area contributed by atoms with Gasteiger partial charge in [-0.25, -0.2) is 0 Å². The maximum absolute atomic E-state index is 14.0. The highest BCUT2D eigenvalue weighted by Crippen LogP contribution is 2.80. The Labute approximate surface area is 202 Å². The van der Waals surface area contributed by atoms with E-state index in [1.165, 1.54) is 0 Å². The van der Waals surface area contributed by atoms with Crippen LogP contribution in [0.3, 0.4) is 0 Å². The molecule has 0 saturated heterocycles. The average molecular weight is 554 g/mol. The molecule has 0 aromatic heterocycles. The zero-order chi connectivity index (χ0) is 22.7. The lowest BCUT2D eigenvalue weighted by Gasteiger charge is -2.23. The number of halogens is 2. The summed E-state index contributed by atoms with van der Waals surface area (Å²) in [4.78, 5) is 41.6. The summed E-state index contributed by atoms with van der Waals surface area (Å²) in [5, 5.41) is 0. The monoisotopic (exact) mass is 552 g/mol. The van der Waals surface area contributed by atoms with E-state index in [-0.39, 0.29) is 11.6 Å². The lowest BCUT2D eigenvalue weighted by atomic mass is 9.79. The van der Waals surface area contributed by atoms with Gasteiger partial charge in [0.25, 0.3) is 0 Å². The molecule has 3 aromatic rings. The van der Waals surface area contributed by atoms with E-state index >= 15 is 0 Å². The van der Waals surface area contributed by atoms with Crippen LogP contribution in [0.25, 0.3) is 0 Å². The number of benzene rings is 3. The number of hydrogen-bond acceptors (Lipinski definition) is 4. The van der Waals surface area contributed by atoms with Gasteiger partial charge < -0.3 is 4.74 Å². The molecule has 160 valence electrons. The van der Waals surface area contributed by atoms with Crippen LogP contribution in [0.5, 0.6) is 5.75 Å². The topological polar surface area (TPSA) is 60.4 Å². The molecule has 2 aliphatic rings. The van der Waals surface area contributed by atoms with Crippen molar-refractivity contribution in [2.75, 3.05) is 0 Å². The summed E-state index contributed by atoms with van der Waals surface area (Å²) in [7, 11) is 0. The second-order valence-electron chi connectivity index (χ2n) is 8.17. The van der Waals surface area contributed by atoms with Crippen LogP contribution in [-0.2, 0) is 4.79 Å². The Morgan fingerprint density at radius 3 is 2.16 bits per heavy atom. The Hall–Kier alpha value is -2.57. The van der Waals surface area contributed by atoms with Crippen molar-refractivity contribution in [2.45, 2.75) is 19.3 Å². The standard InChI is InChI=1S/C26H18Br2O4/c1-2-25(22(29)16-8-10-17(27)11-9-16)21-19-14-18(28)12-13-20(19)32-24(31)26(21,25)23(30)15-6-4-3-5-7-15/h3-14,21H,2H2,1H3/t21-,25+,26+/m0/s1. The van der Waals surface area contributed by atoms with Crippen LogP contribution in [0.15, 0.2) is 81.7 Å². The number of carbonyl (C=O) groups is 3. The highest BCUT2D eigenvalue weighted by Gasteiger charge is 2.88. The first-order valence-electron chi connectivity index (χ1n) is 10.3. The molecule has 0 spiro atoms. The second kappa shape index (κ2) is 7.49. The fraction of sp³-hybridized carbons (Fsp3) is 0.192. The zero-order valence-corrected chi connectivity index (χ0v) is 20.3. The minimum absolute atomic E-state index is 0.216. The number of esters is 1. The molecule has 1 heterocycles. The molecule has 1 fully saturated rings. The van der Waals surface area contributed by atoms with E-state index < -0.39 is 22.7 Å². The van der Waals surface area contributed by atoms with Gasteiger partial charge in [-0.15, -0.1) is 0 Å². The molecule has 4 nitrogen and oxygen atoms in total. The van der Waals surface area contributed by atoms with Gasteiger partial charge in [0.15, 0.2) is 17.0 Å². The minimum atomic E-state index is -1.60. The molecule has 5 rings (SSSR count). The van der Waals surface area contributed by atoms with E-state index in [1.54, 1.807) is 60.7 Å². The Morgan fingerprint density at radius 2 is 1.50 bits per heavy atom. The maximum atomic E-state index is 14.0. The fourth-order valence-corrected chi connectivity index (χ4v) is 6.05. The van der Waals surface area contributed by atoms with E-state index in [4.69, 9.17) is 4.74 Å². The quantitative estimate of drug-likeness (QED) is 0.159. The summed E-state index contributed by atoms with van der Waals surface area (Å²) in [6.45, 7) is 1.86.